The average molecular weight is 410 g/mol. The van der Waals surface area contributed by atoms with Crippen molar-refractivity contribution in [3.63, 3.8) is 0 Å². The van der Waals surface area contributed by atoms with Gasteiger partial charge in [-0.1, -0.05) is 31.0 Å². The molecule has 1 heterocycles. The molecule has 0 aliphatic carbocycles. The zero-order valence-corrected chi connectivity index (χ0v) is 17.5. The van der Waals surface area contributed by atoms with Crippen molar-refractivity contribution < 1.29 is 13.2 Å². The number of carbonyl (C=O) groups excluding carboxylic acids is 1. The lowest BCUT2D eigenvalue weighted by Gasteiger charge is -2.08. The van der Waals surface area contributed by atoms with Crippen molar-refractivity contribution in [3.05, 3.63) is 46.2 Å². The molecule has 1 amide bonds. The fourth-order valence-corrected chi connectivity index (χ4v) is 3.48. The first-order valence-electron chi connectivity index (χ1n) is 8.66. The summed E-state index contributed by atoms with van der Waals surface area (Å²) in [6, 6.07) is 4.63. The quantitative estimate of drug-likeness (QED) is 0.700. The summed E-state index contributed by atoms with van der Waals surface area (Å²) in [5.41, 5.74) is 2.67. The minimum absolute atomic E-state index is 0.156. The van der Waals surface area contributed by atoms with Gasteiger partial charge in [0.05, 0.1) is 10.6 Å². The molecule has 27 heavy (non-hydrogen) atoms. The van der Waals surface area contributed by atoms with Crippen LogP contribution in [0.3, 0.4) is 0 Å². The van der Waals surface area contributed by atoms with E-state index < -0.39 is 9.84 Å². The first-order chi connectivity index (χ1) is 12.6. The number of halogens is 1. The molecule has 0 spiro atoms. The first-order valence-corrected chi connectivity index (χ1v) is 10.9. The topological polar surface area (TPSA) is 81.1 Å². The number of amides is 1. The number of hydrogen-bond donors (Lipinski definition) is 1. The summed E-state index contributed by atoms with van der Waals surface area (Å²) in [7, 11) is -3.35. The zero-order chi connectivity index (χ0) is 20.2. The number of rotatable bonds is 7. The fourth-order valence-electron chi connectivity index (χ4n) is 2.51. The summed E-state index contributed by atoms with van der Waals surface area (Å²) in [5.74, 6) is -0.375. The molecular weight excluding hydrogens is 386 g/mol. The molecular formula is C19H24ClN3O3S. The highest BCUT2D eigenvalue weighted by Gasteiger charge is 2.12. The third-order valence-corrected chi connectivity index (χ3v) is 5.64. The zero-order valence-electron chi connectivity index (χ0n) is 15.9. The Morgan fingerprint density at radius 3 is 2.67 bits per heavy atom. The molecule has 1 N–H and O–H groups in total. The van der Waals surface area contributed by atoms with E-state index in [2.05, 4.69) is 17.3 Å². The Kier molecular flexibility index (Phi) is 6.84. The van der Waals surface area contributed by atoms with Crippen molar-refractivity contribution in [3.8, 4) is 0 Å². The van der Waals surface area contributed by atoms with Crippen LogP contribution in [-0.4, -0.2) is 30.4 Å². The van der Waals surface area contributed by atoms with Gasteiger partial charge < -0.3 is 5.32 Å². The van der Waals surface area contributed by atoms with Gasteiger partial charge in [-0.15, -0.1) is 0 Å². The third-order valence-electron chi connectivity index (χ3n) is 4.13. The second-order valence-corrected chi connectivity index (χ2v) is 8.81. The van der Waals surface area contributed by atoms with Gasteiger partial charge in [-0.05, 0) is 44.0 Å². The molecule has 8 heteroatoms. The van der Waals surface area contributed by atoms with Crippen LogP contribution in [0, 0.1) is 13.8 Å². The molecule has 0 saturated carbocycles. The minimum atomic E-state index is -3.35. The largest absolute Gasteiger partial charge is 0.322 e. The van der Waals surface area contributed by atoms with Crippen molar-refractivity contribution in [1.82, 2.24) is 9.78 Å². The van der Waals surface area contributed by atoms with E-state index in [-0.39, 0.29) is 10.8 Å². The van der Waals surface area contributed by atoms with Crippen molar-refractivity contribution >= 4 is 39.1 Å². The van der Waals surface area contributed by atoms with Crippen molar-refractivity contribution in [2.75, 3.05) is 11.6 Å². The first kappa shape index (κ1) is 21.2. The van der Waals surface area contributed by atoms with Gasteiger partial charge in [0.2, 0.25) is 5.91 Å². The van der Waals surface area contributed by atoms with Crippen LogP contribution in [0.2, 0.25) is 5.15 Å². The number of benzene rings is 1. The number of anilines is 1. The molecule has 0 saturated heterocycles. The second-order valence-electron chi connectivity index (χ2n) is 6.44. The van der Waals surface area contributed by atoms with Crippen molar-refractivity contribution in [1.29, 1.82) is 0 Å². The van der Waals surface area contributed by atoms with Gasteiger partial charge in [0.1, 0.15) is 5.15 Å². The van der Waals surface area contributed by atoms with Crippen LogP contribution in [0.4, 0.5) is 5.69 Å². The van der Waals surface area contributed by atoms with E-state index in [0.717, 1.165) is 36.9 Å². The normalized spacial score (nSPS) is 11.9. The summed E-state index contributed by atoms with van der Waals surface area (Å²) < 4.78 is 25.1. The van der Waals surface area contributed by atoms with Crippen LogP contribution < -0.4 is 5.32 Å². The van der Waals surface area contributed by atoms with Crippen molar-refractivity contribution in [2.24, 2.45) is 0 Å². The molecule has 1 aromatic heterocycles. The summed E-state index contributed by atoms with van der Waals surface area (Å²) in [5, 5.41) is 7.61. The lowest BCUT2D eigenvalue weighted by molar-refractivity contribution is -0.111. The maximum Gasteiger partial charge on any atom is 0.248 e. The molecule has 146 valence electrons. The molecule has 0 unspecified atom stereocenters. The van der Waals surface area contributed by atoms with Gasteiger partial charge in [-0.25, -0.2) is 8.42 Å². The highest BCUT2D eigenvalue weighted by molar-refractivity contribution is 7.90. The number of aromatic nitrogens is 2. The minimum Gasteiger partial charge on any atom is -0.322 e. The van der Waals surface area contributed by atoms with Crippen LogP contribution in [0.15, 0.2) is 29.2 Å². The molecule has 0 atom stereocenters. The third kappa shape index (κ3) is 5.43. The van der Waals surface area contributed by atoms with E-state index in [1.54, 1.807) is 23.7 Å². The molecule has 0 radical (unpaired) electrons. The molecule has 0 aliphatic heterocycles. The van der Waals surface area contributed by atoms with Gasteiger partial charge in [0, 0.05) is 30.1 Å². The number of sulfone groups is 1. The van der Waals surface area contributed by atoms with Gasteiger partial charge in [-0.3, -0.25) is 9.48 Å². The van der Waals surface area contributed by atoms with E-state index in [0.29, 0.717) is 16.4 Å². The van der Waals surface area contributed by atoms with Gasteiger partial charge >= 0.3 is 0 Å². The predicted octanol–water partition coefficient (Wildman–Crippen LogP) is 4.01. The predicted molar refractivity (Wildman–Crippen MR) is 109 cm³/mol. The summed E-state index contributed by atoms with van der Waals surface area (Å²) in [6.07, 6.45) is 6.13. The van der Waals surface area contributed by atoms with E-state index in [1.807, 2.05) is 6.92 Å². The lowest BCUT2D eigenvalue weighted by Crippen LogP contribution is -2.10. The van der Waals surface area contributed by atoms with E-state index in [1.165, 1.54) is 18.2 Å². The summed E-state index contributed by atoms with van der Waals surface area (Å²) in [6.45, 7) is 6.46. The Morgan fingerprint density at radius 1 is 1.33 bits per heavy atom. The summed E-state index contributed by atoms with van der Waals surface area (Å²) in [4.78, 5) is 12.4. The molecule has 0 bridgehead atoms. The maximum absolute atomic E-state index is 12.3. The van der Waals surface area contributed by atoms with Gasteiger partial charge in [0.15, 0.2) is 9.84 Å². The smallest absolute Gasteiger partial charge is 0.248 e. The molecule has 6 nitrogen and oxygen atoms in total. The molecule has 1 aromatic carbocycles. The number of nitrogens with one attached hydrogen (secondary N) is 1. The second kappa shape index (κ2) is 8.71. The SMILES string of the molecule is CCCCn1nc(C)c(/C=C/C(=O)Nc2cc(S(C)(=O)=O)ccc2C)c1Cl. The van der Waals surface area contributed by atoms with E-state index in [9.17, 15) is 13.2 Å². The lowest BCUT2D eigenvalue weighted by atomic mass is 10.2. The van der Waals surface area contributed by atoms with Crippen molar-refractivity contribution in [2.45, 2.75) is 45.1 Å². The number of carbonyl (C=O) groups is 1. The Labute approximate surface area is 165 Å². The Morgan fingerprint density at radius 2 is 2.04 bits per heavy atom. The molecule has 0 fully saturated rings. The highest BCUT2D eigenvalue weighted by atomic mass is 35.5. The van der Waals surface area contributed by atoms with Crippen LogP contribution in [-0.2, 0) is 21.2 Å². The van der Waals surface area contributed by atoms with Crippen LogP contribution >= 0.6 is 11.6 Å². The molecule has 2 aromatic rings. The average Bonchev–Trinajstić information content (AvgIpc) is 2.85. The fraction of sp³-hybridized carbons (Fsp3) is 0.368. The number of aryl methyl sites for hydroxylation is 3. The Balaban J connectivity index is 2.18. The molecule has 0 aliphatic rings. The van der Waals surface area contributed by atoms with E-state index >= 15 is 0 Å². The van der Waals surface area contributed by atoms with Crippen LogP contribution in [0.1, 0.15) is 36.6 Å². The monoisotopic (exact) mass is 409 g/mol. The van der Waals surface area contributed by atoms with Gasteiger partial charge in [0.25, 0.3) is 0 Å². The number of unbranched alkanes of at least 4 members (excludes halogenated alkanes) is 1. The Hall–Kier alpha value is -2.12. The van der Waals surface area contributed by atoms with E-state index in [4.69, 9.17) is 11.6 Å². The maximum atomic E-state index is 12.3. The Bertz CT molecular complexity index is 978. The summed E-state index contributed by atoms with van der Waals surface area (Å²) >= 11 is 6.36. The number of hydrogen-bond acceptors (Lipinski definition) is 4. The number of nitrogens with zero attached hydrogens (tertiary/aromatic N) is 2. The van der Waals surface area contributed by atoms with Gasteiger partial charge in [-0.2, -0.15) is 5.10 Å². The molecule has 2 rings (SSSR count). The highest BCUT2D eigenvalue weighted by Crippen LogP contribution is 2.23. The van der Waals surface area contributed by atoms with Crippen LogP contribution in [0.5, 0.6) is 0 Å². The standard InChI is InChI=1S/C19H24ClN3O3S/c1-5-6-11-23-19(20)16(14(3)22-23)9-10-18(24)21-17-12-15(27(4,25)26)8-7-13(17)2/h7-10,12H,5-6,11H2,1-4H3,(H,21,24)/b10-9+. The van der Waals surface area contributed by atoms with Crippen LogP contribution in [0.25, 0.3) is 6.08 Å².